The van der Waals surface area contributed by atoms with Gasteiger partial charge in [-0.25, -0.2) is 4.98 Å². The molecule has 4 rings (SSSR count). The number of guanidine groups is 1. The highest BCUT2D eigenvalue weighted by Gasteiger charge is 2.14. The molecule has 1 aromatic carbocycles. The highest BCUT2D eigenvalue weighted by Crippen LogP contribution is 2.24. The average molecular weight is 518 g/mol. The molecule has 1 atom stereocenters. The predicted octanol–water partition coefficient (Wildman–Crippen LogP) is 4.29. The van der Waals surface area contributed by atoms with Crippen molar-refractivity contribution in [3.05, 3.63) is 65.6 Å². The number of benzene rings is 1. The van der Waals surface area contributed by atoms with Crippen LogP contribution in [0.2, 0.25) is 0 Å². The normalized spacial score (nSPS) is 15.2. The smallest absolute Gasteiger partial charge is 0.191 e. The van der Waals surface area contributed by atoms with E-state index in [0.29, 0.717) is 6.54 Å². The third kappa shape index (κ3) is 5.24. The van der Waals surface area contributed by atoms with Gasteiger partial charge in [0.15, 0.2) is 5.96 Å². The topological polar surface area (TPSA) is 57.0 Å². The van der Waals surface area contributed by atoms with Gasteiger partial charge in [0, 0.05) is 38.2 Å². The lowest BCUT2D eigenvalue weighted by Crippen LogP contribution is -2.38. The zero-order valence-electron chi connectivity index (χ0n) is 17.9. The molecule has 1 unspecified atom stereocenters. The van der Waals surface area contributed by atoms with E-state index in [2.05, 4.69) is 82.0 Å². The van der Waals surface area contributed by atoms with Crippen molar-refractivity contribution in [2.45, 2.75) is 39.3 Å². The minimum absolute atomic E-state index is 0. The van der Waals surface area contributed by atoms with Gasteiger partial charge in [-0.3, -0.25) is 4.99 Å². The molecule has 2 N–H and O–H groups in total. The summed E-state index contributed by atoms with van der Waals surface area (Å²) in [5, 5.41) is 6.88. The fraction of sp³-hybridized carbons (Fsp3) is 0.391. The van der Waals surface area contributed by atoms with E-state index >= 15 is 0 Å². The molecular weight excluding hydrogens is 487 g/mol. The molecule has 1 fully saturated rings. The summed E-state index contributed by atoms with van der Waals surface area (Å²) in [4.78, 5) is 11.5. The third-order valence-electron chi connectivity index (χ3n) is 5.52. The summed E-state index contributed by atoms with van der Waals surface area (Å²) in [6, 6.07) is 13.2. The summed E-state index contributed by atoms with van der Waals surface area (Å²) in [5.74, 6) is 0.775. The second kappa shape index (κ2) is 10.1. The number of nitrogens with one attached hydrogen (secondary N) is 2. The number of aromatic nitrogens is 2. The molecule has 0 radical (unpaired) electrons. The van der Waals surface area contributed by atoms with Crippen LogP contribution in [0.25, 0.3) is 5.65 Å². The van der Waals surface area contributed by atoms with Crippen molar-refractivity contribution in [2.75, 3.05) is 25.0 Å². The van der Waals surface area contributed by atoms with Crippen molar-refractivity contribution >= 4 is 41.3 Å². The highest BCUT2D eigenvalue weighted by molar-refractivity contribution is 14.0. The molecule has 6 nitrogen and oxygen atoms in total. The number of imidazole rings is 1. The monoisotopic (exact) mass is 518 g/mol. The van der Waals surface area contributed by atoms with Crippen molar-refractivity contribution in [3.63, 3.8) is 0 Å². The fourth-order valence-corrected chi connectivity index (χ4v) is 3.84. The van der Waals surface area contributed by atoms with Gasteiger partial charge in [0.05, 0.1) is 18.3 Å². The van der Waals surface area contributed by atoms with Crippen LogP contribution in [0.4, 0.5) is 5.69 Å². The molecule has 0 saturated carbocycles. The van der Waals surface area contributed by atoms with E-state index < -0.39 is 0 Å². The molecule has 1 aliphatic heterocycles. The number of aryl methyl sites for hydroxylation is 1. The average Bonchev–Trinajstić information content (AvgIpc) is 3.40. The molecule has 1 saturated heterocycles. The number of hydrogen-bond donors (Lipinski definition) is 2. The SMILES string of the molecule is CN=C(NCc1cn2ccc(C)cc2n1)NC(C)c1cccc(N2CCCC2)c1.I. The standard InChI is InChI=1S/C23H30N6.HI/c1-17-9-12-29-16-20(27-22(29)13-17)15-25-23(24-3)26-18(2)19-7-6-8-21(14-19)28-10-4-5-11-28;/h6-9,12-14,16,18H,4-5,10-11,15H2,1-3H3,(H2,24,25,26);1H. The first-order chi connectivity index (χ1) is 14.1. The van der Waals surface area contributed by atoms with Gasteiger partial charge in [-0.15, -0.1) is 24.0 Å². The Morgan fingerprint density at radius 1 is 1.20 bits per heavy atom. The summed E-state index contributed by atoms with van der Waals surface area (Å²) in [5.41, 5.74) is 5.75. The van der Waals surface area contributed by atoms with E-state index in [1.807, 2.05) is 10.6 Å². The second-order valence-electron chi connectivity index (χ2n) is 7.78. The first-order valence-corrected chi connectivity index (χ1v) is 10.4. The quantitative estimate of drug-likeness (QED) is 0.301. The van der Waals surface area contributed by atoms with Crippen molar-refractivity contribution < 1.29 is 0 Å². The number of halogens is 1. The Hall–Kier alpha value is -2.29. The van der Waals surface area contributed by atoms with Gasteiger partial charge in [-0.2, -0.15) is 0 Å². The summed E-state index contributed by atoms with van der Waals surface area (Å²) < 4.78 is 2.05. The van der Waals surface area contributed by atoms with E-state index in [0.717, 1.165) is 30.4 Å². The van der Waals surface area contributed by atoms with Gasteiger partial charge in [0.2, 0.25) is 0 Å². The Bertz CT molecular complexity index is 1010. The summed E-state index contributed by atoms with van der Waals surface area (Å²) in [7, 11) is 1.80. The van der Waals surface area contributed by atoms with Crippen molar-refractivity contribution in [2.24, 2.45) is 4.99 Å². The Labute approximate surface area is 195 Å². The van der Waals surface area contributed by atoms with E-state index in [1.165, 1.54) is 29.7 Å². The highest BCUT2D eigenvalue weighted by atomic mass is 127. The van der Waals surface area contributed by atoms with Crippen LogP contribution in [-0.4, -0.2) is 35.5 Å². The van der Waals surface area contributed by atoms with Crippen LogP contribution in [0.3, 0.4) is 0 Å². The van der Waals surface area contributed by atoms with Gasteiger partial charge in [-0.1, -0.05) is 12.1 Å². The molecule has 3 heterocycles. The Kier molecular flexibility index (Phi) is 7.58. The molecule has 0 spiro atoms. The van der Waals surface area contributed by atoms with Crippen molar-refractivity contribution in [3.8, 4) is 0 Å². The molecular formula is C23H31IN6. The Morgan fingerprint density at radius 2 is 2.00 bits per heavy atom. The molecule has 0 amide bonds. The lowest BCUT2D eigenvalue weighted by Gasteiger charge is -2.22. The molecule has 7 heteroatoms. The molecule has 2 aromatic heterocycles. The molecule has 30 heavy (non-hydrogen) atoms. The van der Waals surface area contributed by atoms with Gasteiger partial charge in [0.1, 0.15) is 5.65 Å². The Balaban J connectivity index is 0.00000256. The number of nitrogens with zero attached hydrogens (tertiary/aromatic N) is 4. The first-order valence-electron chi connectivity index (χ1n) is 10.4. The van der Waals surface area contributed by atoms with Crippen molar-refractivity contribution in [1.82, 2.24) is 20.0 Å². The molecule has 0 aliphatic carbocycles. The van der Waals surface area contributed by atoms with E-state index in [4.69, 9.17) is 0 Å². The lowest BCUT2D eigenvalue weighted by molar-refractivity contribution is 0.683. The number of rotatable bonds is 5. The van der Waals surface area contributed by atoms with Crippen LogP contribution in [-0.2, 0) is 6.54 Å². The van der Waals surface area contributed by atoms with Crippen LogP contribution in [0.1, 0.15) is 42.6 Å². The molecule has 1 aliphatic rings. The van der Waals surface area contributed by atoms with E-state index in [1.54, 1.807) is 7.05 Å². The number of pyridine rings is 1. The largest absolute Gasteiger partial charge is 0.372 e. The van der Waals surface area contributed by atoms with Gasteiger partial charge >= 0.3 is 0 Å². The maximum absolute atomic E-state index is 4.68. The summed E-state index contributed by atoms with van der Waals surface area (Å²) in [6.45, 7) is 7.20. The minimum atomic E-state index is 0. The number of fused-ring (bicyclic) bond motifs is 1. The van der Waals surface area contributed by atoms with Crippen molar-refractivity contribution in [1.29, 1.82) is 0 Å². The summed E-state index contributed by atoms with van der Waals surface area (Å²) >= 11 is 0. The maximum Gasteiger partial charge on any atom is 0.191 e. The fourth-order valence-electron chi connectivity index (χ4n) is 3.84. The second-order valence-corrected chi connectivity index (χ2v) is 7.78. The van der Waals surface area contributed by atoms with Crippen LogP contribution in [0, 0.1) is 6.92 Å². The number of aliphatic imine (C=N–C) groups is 1. The molecule has 3 aromatic rings. The first kappa shape index (κ1) is 22.4. The molecule has 0 bridgehead atoms. The third-order valence-corrected chi connectivity index (χ3v) is 5.52. The molecule has 160 valence electrons. The van der Waals surface area contributed by atoms with Gasteiger partial charge in [0.25, 0.3) is 0 Å². The summed E-state index contributed by atoms with van der Waals surface area (Å²) in [6.07, 6.45) is 6.68. The maximum atomic E-state index is 4.68. The van der Waals surface area contributed by atoms with E-state index in [9.17, 15) is 0 Å². The lowest BCUT2D eigenvalue weighted by atomic mass is 10.1. The van der Waals surface area contributed by atoms with Crippen LogP contribution >= 0.6 is 24.0 Å². The van der Waals surface area contributed by atoms with Crippen LogP contribution < -0.4 is 15.5 Å². The Morgan fingerprint density at radius 3 is 2.77 bits per heavy atom. The van der Waals surface area contributed by atoms with Crippen LogP contribution in [0.5, 0.6) is 0 Å². The van der Waals surface area contributed by atoms with Gasteiger partial charge in [-0.05, 0) is 62.1 Å². The van der Waals surface area contributed by atoms with Gasteiger partial charge < -0.3 is 19.9 Å². The van der Waals surface area contributed by atoms with Crippen LogP contribution in [0.15, 0.2) is 53.8 Å². The minimum Gasteiger partial charge on any atom is -0.372 e. The number of hydrogen-bond acceptors (Lipinski definition) is 3. The van der Waals surface area contributed by atoms with E-state index in [-0.39, 0.29) is 30.0 Å². The predicted molar refractivity (Wildman–Crippen MR) is 135 cm³/mol. The zero-order valence-corrected chi connectivity index (χ0v) is 20.3. The zero-order chi connectivity index (χ0) is 20.2. The number of anilines is 1.